The second-order valence-corrected chi connectivity index (χ2v) is 8.12. The molecular formula is C22H27N5OS. The number of rotatable bonds is 7. The lowest BCUT2D eigenvalue weighted by molar-refractivity contribution is 0.757. The fraction of sp³-hybridized carbons (Fsp3) is 0.318. The molecule has 3 aromatic rings. The van der Waals surface area contributed by atoms with Gasteiger partial charge in [-0.05, 0) is 31.0 Å². The second kappa shape index (κ2) is 10.0. The Morgan fingerprint density at radius 3 is 2.52 bits per heavy atom. The second-order valence-electron chi connectivity index (χ2n) is 6.84. The van der Waals surface area contributed by atoms with Gasteiger partial charge in [-0.3, -0.25) is 9.79 Å². The summed E-state index contributed by atoms with van der Waals surface area (Å²) in [6.07, 6.45) is 2.69. The molecule has 0 fully saturated rings. The molecule has 0 bridgehead atoms. The first kappa shape index (κ1) is 20.8. The van der Waals surface area contributed by atoms with E-state index in [2.05, 4.69) is 51.8 Å². The van der Waals surface area contributed by atoms with Gasteiger partial charge in [-0.1, -0.05) is 30.3 Å². The number of pyridine rings is 1. The zero-order valence-corrected chi connectivity index (χ0v) is 17.9. The van der Waals surface area contributed by atoms with E-state index in [0.29, 0.717) is 13.1 Å². The molecule has 0 atom stereocenters. The van der Waals surface area contributed by atoms with Gasteiger partial charge in [0, 0.05) is 43.7 Å². The van der Waals surface area contributed by atoms with Crippen LogP contribution in [-0.4, -0.2) is 29.1 Å². The van der Waals surface area contributed by atoms with Gasteiger partial charge < -0.3 is 15.2 Å². The zero-order valence-electron chi connectivity index (χ0n) is 17.1. The Hall–Kier alpha value is -2.93. The molecule has 1 aromatic carbocycles. The summed E-state index contributed by atoms with van der Waals surface area (Å²) in [7, 11) is 1.77. The highest BCUT2D eigenvalue weighted by Crippen LogP contribution is 2.16. The van der Waals surface area contributed by atoms with Crippen molar-refractivity contribution in [3.8, 4) is 0 Å². The number of thiazole rings is 1. The number of aryl methyl sites for hydroxylation is 2. The van der Waals surface area contributed by atoms with E-state index in [1.807, 2.05) is 19.2 Å². The Morgan fingerprint density at radius 1 is 1.10 bits per heavy atom. The largest absolute Gasteiger partial charge is 0.356 e. The first-order valence-corrected chi connectivity index (χ1v) is 10.5. The highest BCUT2D eigenvalue weighted by molar-refractivity contribution is 7.11. The molecule has 2 N–H and O–H groups in total. The fourth-order valence-corrected chi connectivity index (χ4v) is 3.82. The minimum atomic E-state index is 0.0104. The Bertz CT molecular complexity index is 1000. The van der Waals surface area contributed by atoms with Crippen molar-refractivity contribution in [1.82, 2.24) is 20.2 Å². The first-order chi connectivity index (χ1) is 14.0. The molecule has 0 spiro atoms. The highest BCUT2D eigenvalue weighted by atomic mass is 32.1. The summed E-state index contributed by atoms with van der Waals surface area (Å²) in [6, 6.07) is 13.5. The molecule has 2 aromatic heterocycles. The molecule has 7 heteroatoms. The van der Waals surface area contributed by atoms with Crippen molar-refractivity contribution in [2.24, 2.45) is 4.99 Å². The maximum atomic E-state index is 11.8. The standard InChI is InChI=1S/C22H27N5OS/c1-16-17(2)29-20(26-16)11-12-24-22(23-3)25-14-18-7-9-19(10-8-18)15-27-13-5-4-6-21(27)28/h4-10,13H,11-12,14-15H2,1-3H3,(H2,23,24,25). The number of nitrogens with zero attached hydrogens (tertiary/aromatic N) is 3. The van der Waals surface area contributed by atoms with Crippen molar-refractivity contribution < 1.29 is 0 Å². The number of aliphatic imine (C=N–C) groups is 1. The van der Waals surface area contributed by atoms with Crippen molar-refractivity contribution in [2.45, 2.75) is 33.4 Å². The van der Waals surface area contributed by atoms with Crippen LogP contribution in [0, 0.1) is 13.8 Å². The molecule has 0 unspecified atom stereocenters. The fourth-order valence-electron chi connectivity index (χ4n) is 2.89. The Morgan fingerprint density at radius 2 is 1.86 bits per heavy atom. The summed E-state index contributed by atoms with van der Waals surface area (Å²) in [5.74, 6) is 0.773. The maximum Gasteiger partial charge on any atom is 0.250 e. The van der Waals surface area contributed by atoms with Crippen molar-refractivity contribution in [2.75, 3.05) is 13.6 Å². The van der Waals surface area contributed by atoms with E-state index in [-0.39, 0.29) is 5.56 Å². The average molecular weight is 410 g/mol. The van der Waals surface area contributed by atoms with E-state index in [9.17, 15) is 4.79 Å². The molecule has 152 valence electrons. The molecule has 0 saturated heterocycles. The van der Waals surface area contributed by atoms with Crippen LogP contribution in [0.4, 0.5) is 0 Å². The minimum Gasteiger partial charge on any atom is -0.356 e. The van der Waals surface area contributed by atoms with Crippen molar-refractivity contribution in [3.05, 3.63) is 85.7 Å². The van der Waals surface area contributed by atoms with Crippen LogP contribution in [0.1, 0.15) is 26.7 Å². The molecule has 0 aliphatic carbocycles. The summed E-state index contributed by atoms with van der Waals surface area (Å²) in [4.78, 5) is 22.0. The minimum absolute atomic E-state index is 0.0104. The molecular weight excluding hydrogens is 382 g/mol. The quantitative estimate of drug-likeness (QED) is 0.465. The summed E-state index contributed by atoms with van der Waals surface area (Å²) >= 11 is 1.75. The maximum absolute atomic E-state index is 11.8. The Kier molecular flexibility index (Phi) is 7.19. The molecule has 0 amide bonds. The van der Waals surface area contributed by atoms with Crippen molar-refractivity contribution >= 4 is 17.3 Å². The van der Waals surface area contributed by atoms with Crippen LogP contribution in [0.3, 0.4) is 0 Å². The normalized spacial score (nSPS) is 11.5. The number of benzene rings is 1. The van der Waals surface area contributed by atoms with E-state index in [1.54, 1.807) is 35.1 Å². The van der Waals surface area contributed by atoms with Gasteiger partial charge >= 0.3 is 0 Å². The summed E-state index contributed by atoms with van der Waals surface area (Å²) < 4.78 is 1.70. The number of hydrogen-bond acceptors (Lipinski definition) is 4. The lowest BCUT2D eigenvalue weighted by atomic mass is 10.1. The summed E-state index contributed by atoms with van der Waals surface area (Å²) in [6.45, 7) is 6.20. The van der Waals surface area contributed by atoms with Crippen LogP contribution in [0.2, 0.25) is 0 Å². The number of nitrogens with one attached hydrogen (secondary N) is 2. The van der Waals surface area contributed by atoms with Crippen molar-refractivity contribution in [1.29, 1.82) is 0 Å². The van der Waals surface area contributed by atoms with Crippen LogP contribution >= 0.6 is 11.3 Å². The molecule has 29 heavy (non-hydrogen) atoms. The lowest BCUT2D eigenvalue weighted by Gasteiger charge is -2.12. The van der Waals surface area contributed by atoms with Crippen molar-refractivity contribution in [3.63, 3.8) is 0 Å². The molecule has 2 heterocycles. The van der Waals surface area contributed by atoms with Crippen LogP contribution in [-0.2, 0) is 19.5 Å². The first-order valence-electron chi connectivity index (χ1n) is 9.66. The van der Waals surface area contributed by atoms with Gasteiger partial charge in [0.25, 0.3) is 5.56 Å². The molecule has 0 aliphatic rings. The van der Waals surface area contributed by atoms with Gasteiger partial charge in [-0.25, -0.2) is 4.98 Å². The third kappa shape index (κ3) is 6.02. The predicted molar refractivity (Wildman–Crippen MR) is 120 cm³/mol. The lowest BCUT2D eigenvalue weighted by Crippen LogP contribution is -2.37. The van der Waals surface area contributed by atoms with Gasteiger partial charge in [0.15, 0.2) is 5.96 Å². The molecule has 0 aliphatic heterocycles. The van der Waals surface area contributed by atoms with Crippen LogP contribution in [0.15, 0.2) is 58.4 Å². The molecule has 3 rings (SSSR count). The molecule has 6 nitrogen and oxygen atoms in total. The smallest absolute Gasteiger partial charge is 0.250 e. The van der Waals surface area contributed by atoms with Gasteiger partial charge in [-0.15, -0.1) is 11.3 Å². The topological polar surface area (TPSA) is 71.3 Å². The Balaban J connectivity index is 1.46. The number of aromatic nitrogens is 2. The summed E-state index contributed by atoms with van der Waals surface area (Å²) in [5, 5.41) is 7.82. The Labute approximate surface area is 175 Å². The zero-order chi connectivity index (χ0) is 20.6. The van der Waals surface area contributed by atoms with Gasteiger partial charge in [0.2, 0.25) is 0 Å². The third-order valence-corrected chi connectivity index (χ3v) is 5.80. The van der Waals surface area contributed by atoms with E-state index < -0.39 is 0 Å². The predicted octanol–water partition coefficient (Wildman–Crippen LogP) is 2.88. The van der Waals surface area contributed by atoms with Gasteiger partial charge in [0.1, 0.15) is 0 Å². The van der Waals surface area contributed by atoms with E-state index in [0.717, 1.165) is 40.8 Å². The van der Waals surface area contributed by atoms with Crippen LogP contribution in [0.5, 0.6) is 0 Å². The van der Waals surface area contributed by atoms with Crippen LogP contribution in [0.25, 0.3) is 0 Å². The third-order valence-electron chi connectivity index (χ3n) is 4.66. The van der Waals surface area contributed by atoms with Crippen LogP contribution < -0.4 is 16.2 Å². The average Bonchev–Trinajstić information content (AvgIpc) is 3.04. The number of hydrogen-bond donors (Lipinski definition) is 2. The monoisotopic (exact) mass is 409 g/mol. The van der Waals surface area contributed by atoms with Gasteiger partial charge in [0.05, 0.1) is 17.2 Å². The molecule has 0 saturated carbocycles. The molecule has 0 radical (unpaired) electrons. The van der Waals surface area contributed by atoms with E-state index >= 15 is 0 Å². The highest BCUT2D eigenvalue weighted by Gasteiger charge is 2.04. The number of guanidine groups is 1. The van der Waals surface area contributed by atoms with Gasteiger partial charge in [-0.2, -0.15) is 0 Å². The SMILES string of the molecule is CN=C(NCCc1nc(C)c(C)s1)NCc1ccc(Cn2ccccc2=O)cc1. The van der Waals surface area contributed by atoms with E-state index in [1.165, 1.54) is 4.88 Å². The van der Waals surface area contributed by atoms with E-state index in [4.69, 9.17) is 0 Å². The summed E-state index contributed by atoms with van der Waals surface area (Å²) in [5.41, 5.74) is 3.38.